The maximum absolute atomic E-state index is 12.8. The Labute approximate surface area is 199 Å². The van der Waals surface area contributed by atoms with Gasteiger partial charge in [-0.25, -0.2) is 9.59 Å². The minimum Gasteiger partial charge on any atom is -0.480 e. The van der Waals surface area contributed by atoms with Crippen molar-refractivity contribution in [1.82, 2.24) is 10.6 Å². The number of hydrogen-bond acceptors (Lipinski definition) is 5. The summed E-state index contributed by atoms with van der Waals surface area (Å²) in [7, 11) is 1.51. The lowest BCUT2D eigenvalue weighted by molar-refractivity contribution is -0.142. The summed E-state index contributed by atoms with van der Waals surface area (Å²) in [6, 6.07) is 13.9. The molecule has 2 aromatic carbocycles. The molecule has 0 saturated carbocycles. The van der Waals surface area contributed by atoms with Crippen molar-refractivity contribution in [3.05, 3.63) is 59.7 Å². The number of nitrogens with one attached hydrogen (secondary N) is 2. The third-order valence-electron chi connectivity index (χ3n) is 6.22. The molecule has 182 valence electrons. The van der Waals surface area contributed by atoms with Crippen LogP contribution in [0, 0.1) is 0 Å². The van der Waals surface area contributed by atoms with E-state index in [0.717, 1.165) is 22.3 Å². The van der Waals surface area contributed by atoms with Gasteiger partial charge in [0.1, 0.15) is 18.7 Å². The number of carboxylic acids is 1. The molecule has 34 heavy (non-hydrogen) atoms. The number of methoxy groups -OCH3 is 1. The zero-order valence-corrected chi connectivity index (χ0v) is 20.0. The maximum Gasteiger partial charge on any atom is 0.407 e. The van der Waals surface area contributed by atoms with Gasteiger partial charge < -0.3 is 25.2 Å². The van der Waals surface area contributed by atoms with Crippen molar-refractivity contribution in [2.45, 2.75) is 57.2 Å². The van der Waals surface area contributed by atoms with Crippen molar-refractivity contribution in [2.75, 3.05) is 13.7 Å². The monoisotopic (exact) mass is 468 g/mol. The molecule has 0 aliphatic heterocycles. The average Bonchev–Trinajstić information content (AvgIpc) is 3.14. The molecule has 0 radical (unpaired) electrons. The Morgan fingerprint density at radius 3 is 2.03 bits per heavy atom. The van der Waals surface area contributed by atoms with E-state index in [4.69, 9.17) is 9.47 Å². The minimum absolute atomic E-state index is 0.106. The SMILES string of the molecule is CC[C@@H](NC(=O)C(CC(C)(C)OC)NC(=O)OCC1c2ccccc2-c2ccccc21)C(=O)O. The summed E-state index contributed by atoms with van der Waals surface area (Å²) in [5, 5.41) is 14.4. The Morgan fingerprint density at radius 1 is 0.971 bits per heavy atom. The van der Waals surface area contributed by atoms with Crippen LogP contribution in [0.2, 0.25) is 0 Å². The lowest BCUT2D eigenvalue weighted by Gasteiger charge is -2.29. The molecule has 0 spiro atoms. The molecule has 3 N–H and O–H groups in total. The summed E-state index contributed by atoms with van der Waals surface area (Å²) < 4.78 is 11.0. The predicted molar refractivity (Wildman–Crippen MR) is 128 cm³/mol. The molecule has 0 aromatic heterocycles. The Balaban J connectivity index is 1.71. The number of alkyl carbamates (subject to hydrolysis) is 1. The van der Waals surface area contributed by atoms with Crippen molar-refractivity contribution in [3.8, 4) is 11.1 Å². The highest BCUT2D eigenvalue weighted by Gasteiger charge is 2.33. The van der Waals surface area contributed by atoms with Gasteiger partial charge in [0.25, 0.3) is 0 Å². The molecule has 0 fully saturated rings. The van der Waals surface area contributed by atoms with Crippen LogP contribution in [0.4, 0.5) is 4.79 Å². The molecule has 2 aromatic rings. The number of carbonyl (C=O) groups excluding carboxylic acids is 2. The Hall–Kier alpha value is -3.39. The van der Waals surface area contributed by atoms with Crippen LogP contribution >= 0.6 is 0 Å². The fourth-order valence-electron chi connectivity index (χ4n) is 4.18. The quantitative estimate of drug-likeness (QED) is 0.490. The molecule has 0 heterocycles. The molecular formula is C26H32N2O6. The number of carbonyl (C=O) groups is 3. The number of ether oxygens (including phenoxy) is 2. The summed E-state index contributed by atoms with van der Waals surface area (Å²) in [5.74, 6) is -1.85. The zero-order valence-electron chi connectivity index (χ0n) is 20.0. The van der Waals surface area contributed by atoms with Crippen molar-refractivity contribution in [3.63, 3.8) is 0 Å². The van der Waals surface area contributed by atoms with Crippen LogP contribution in [0.1, 0.15) is 50.7 Å². The van der Waals surface area contributed by atoms with Gasteiger partial charge in [-0.1, -0.05) is 55.5 Å². The van der Waals surface area contributed by atoms with Gasteiger partial charge in [-0.15, -0.1) is 0 Å². The van der Waals surface area contributed by atoms with Gasteiger partial charge in [0.15, 0.2) is 0 Å². The summed E-state index contributed by atoms with van der Waals surface area (Å²) in [4.78, 5) is 36.9. The van der Waals surface area contributed by atoms with E-state index in [1.165, 1.54) is 7.11 Å². The maximum atomic E-state index is 12.8. The standard InChI is InChI=1S/C26H32N2O6/c1-5-21(24(30)31)27-23(29)22(14-26(2,3)33-4)28-25(32)34-15-20-18-12-8-6-10-16(18)17-11-7-9-13-19(17)20/h6-13,20-22H,5,14-15H2,1-4H3,(H,27,29)(H,28,32)(H,30,31)/t21-,22?/m1/s1. The van der Waals surface area contributed by atoms with Crippen LogP contribution < -0.4 is 10.6 Å². The van der Waals surface area contributed by atoms with E-state index in [-0.39, 0.29) is 25.4 Å². The Kier molecular flexibility index (Phi) is 7.94. The van der Waals surface area contributed by atoms with E-state index < -0.39 is 35.7 Å². The Bertz CT molecular complexity index is 1010. The molecule has 1 aliphatic carbocycles. The van der Waals surface area contributed by atoms with Crippen molar-refractivity contribution in [1.29, 1.82) is 0 Å². The summed E-state index contributed by atoms with van der Waals surface area (Å²) in [6.45, 7) is 5.32. The van der Waals surface area contributed by atoms with Crippen LogP contribution in [0.15, 0.2) is 48.5 Å². The first-order valence-electron chi connectivity index (χ1n) is 11.4. The molecule has 8 heteroatoms. The van der Waals surface area contributed by atoms with E-state index in [0.29, 0.717) is 0 Å². The molecule has 1 unspecified atom stereocenters. The lowest BCUT2D eigenvalue weighted by Crippen LogP contribution is -2.53. The number of fused-ring (bicyclic) bond motifs is 3. The summed E-state index contributed by atoms with van der Waals surface area (Å²) >= 11 is 0. The van der Waals surface area contributed by atoms with Gasteiger partial charge in [0.2, 0.25) is 5.91 Å². The van der Waals surface area contributed by atoms with Crippen LogP contribution in [0.25, 0.3) is 11.1 Å². The minimum atomic E-state index is -1.14. The van der Waals surface area contributed by atoms with Crippen LogP contribution in [0.5, 0.6) is 0 Å². The highest BCUT2D eigenvalue weighted by atomic mass is 16.5. The first kappa shape index (κ1) is 25.2. The van der Waals surface area contributed by atoms with E-state index >= 15 is 0 Å². The largest absolute Gasteiger partial charge is 0.480 e. The number of rotatable bonds is 10. The second kappa shape index (κ2) is 10.7. The van der Waals surface area contributed by atoms with E-state index in [9.17, 15) is 19.5 Å². The highest BCUT2D eigenvalue weighted by Crippen LogP contribution is 2.44. The smallest absolute Gasteiger partial charge is 0.407 e. The average molecular weight is 469 g/mol. The number of carboxylic acid groups (broad SMARTS) is 1. The van der Waals surface area contributed by atoms with E-state index in [1.54, 1.807) is 20.8 Å². The predicted octanol–water partition coefficient (Wildman–Crippen LogP) is 3.69. The fourth-order valence-corrected chi connectivity index (χ4v) is 4.18. The lowest BCUT2D eigenvalue weighted by atomic mass is 9.97. The third-order valence-corrected chi connectivity index (χ3v) is 6.22. The number of benzene rings is 2. The normalized spacial score (nSPS) is 14.5. The second-order valence-corrected chi connectivity index (χ2v) is 9.00. The third kappa shape index (κ3) is 5.75. The molecule has 2 atom stereocenters. The molecule has 3 rings (SSSR count). The molecule has 2 amide bonds. The first-order chi connectivity index (χ1) is 16.2. The van der Waals surface area contributed by atoms with Gasteiger partial charge in [0, 0.05) is 19.4 Å². The zero-order chi connectivity index (χ0) is 24.9. The van der Waals surface area contributed by atoms with Crippen molar-refractivity contribution in [2.24, 2.45) is 0 Å². The van der Waals surface area contributed by atoms with E-state index in [2.05, 4.69) is 10.6 Å². The molecule has 0 bridgehead atoms. The Morgan fingerprint density at radius 2 is 1.53 bits per heavy atom. The number of hydrogen-bond donors (Lipinski definition) is 3. The van der Waals surface area contributed by atoms with Crippen molar-refractivity contribution < 1.29 is 29.0 Å². The van der Waals surface area contributed by atoms with Gasteiger partial charge in [0.05, 0.1) is 5.60 Å². The summed E-state index contributed by atoms with van der Waals surface area (Å²) in [6.07, 6.45) is -0.403. The molecule has 1 aliphatic rings. The van der Waals surface area contributed by atoms with Crippen LogP contribution in [-0.4, -0.2) is 54.5 Å². The van der Waals surface area contributed by atoms with Crippen LogP contribution in [0.3, 0.4) is 0 Å². The molecule has 0 saturated heterocycles. The van der Waals surface area contributed by atoms with Gasteiger partial charge in [-0.2, -0.15) is 0 Å². The second-order valence-electron chi connectivity index (χ2n) is 9.00. The van der Waals surface area contributed by atoms with E-state index in [1.807, 2.05) is 48.5 Å². The van der Waals surface area contributed by atoms with Crippen molar-refractivity contribution >= 4 is 18.0 Å². The number of amides is 2. The first-order valence-corrected chi connectivity index (χ1v) is 11.4. The molecule has 8 nitrogen and oxygen atoms in total. The highest BCUT2D eigenvalue weighted by molar-refractivity contribution is 5.89. The van der Waals surface area contributed by atoms with Gasteiger partial charge in [-0.05, 0) is 42.5 Å². The summed E-state index contributed by atoms with van der Waals surface area (Å²) in [5.41, 5.74) is 3.66. The topological polar surface area (TPSA) is 114 Å². The fraction of sp³-hybridized carbons (Fsp3) is 0.423. The molecular weight excluding hydrogens is 436 g/mol. The van der Waals surface area contributed by atoms with Crippen LogP contribution in [-0.2, 0) is 19.1 Å². The van der Waals surface area contributed by atoms with Gasteiger partial charge >= 0.3 is 12.1 Å². The number of aliphatic carboxylic acids is 1. The van der Waals surface area contributed by atoms with Gasteiger partial charge in [-0.3, -0.25) is 4.79 Å².